The van der Waals surface area contributed by atoms with Crippen molar-refractivity contribution in [1.82, 2.24) is 0 Å². The van der Waals surface area contributed by atoms with Crippen molar-refractivity contribution in [2.75, 3.05) is 13.7 Å². The second kappa shape index (κ2) is 5.51. The van der Waals surface area contributed by atoms with Crippen LogP contribution in [0.15, 0.2) is 48.5 Å². The summed E-state index contributed by atoms with van der Waals surface area (Å²) in [5.74, 6) is -0.331. The summed E-state index contributed by atoms with van der Waals surface area (Å²) in [6.45, 7) is 1.76. The van der Waals surface area contributed by atoms with Crippen LogP contribution in [0.4, 0.5) is 4.39 Å². The average Bonchev–Trinajstić information content (AvgIpc) is 2.43. The molecule has 0 heterocycles. The summed E-state index contributed by atoms with van der Waals surface area (Å²) in [4.78, 5) is 0. The Hall–Kier alpha value is -1.71. The van der Waals surface area contributed by atoms with E-state index in [1.807, 2.05) is 18.2 Å². The van der Waals surface area contributed by atoms with E-state index in [1.165, 1.54) is 13.2 Å². The zero-order valence-corrected chi connectivity index (χ0v) is 11.1. The van der Waals surface area contributed by atoms with Crippen molar-refractivity contribution in [1.29, 1.82) is 0 Å². The second-order valence-corrected chi connectivity index (χ2v) is 4.62. The van der Waals surface area contributed by atoms with Crippen molar-refractivity contribution in [3.05, 3.63) is 71.0 Å². The van der Waals surface area contributed by atoms with E-state index in [2.05, 4.69) is 0 Å². The predicted octanol–water partition coefficient (Wildman–Crippen LogP) is 3.02. The molecule has 100 valence electrons. The Kier molecular flexibility index (Phi) is 3.98. The first-order chi connectivity index (χ1) is 9.08. The molecule has 0 saturated heterocycles. The second-order valence-electron chi connectivity index (χ2n) is 4.62. The van der Waals surface area contributed by atoms with Gasteiger partial charge in [-0.2, -0.15) is 0 Å². The number of hydrogen-bond donors (Lipinski definition) is 1. The van der Waals surface area contributed by atoms with E-state index < -0.39 is 5.60 Å². The molecule has 2 nitrogen and oxygen atoms in total. The first-order valence-electron chi connectivity index (χ1n) is 6.11. The van der Waals surface area contributed by atoms with Gasteiger partial charge in [0.2, 0.25) is 0 Å². The van der Waals surface area contributed by atoms with Gasteiger partial charge in [-0.15, -0.1) is 0 Å². The first kappa shape index (κ1) is 13.7. The third-order valence-electron chi connectivity index (χ3n) is 3.25. The SMILES string of the molecule is COCC(O)(c1ccccc1)c1ccc(C)c(F)c1. The maximum atomic E-state index is 13.7. The molecule has 1 unspecified atom stereocenters. The van der Waals surface area contributed by atoms with Crippen LogP contribution in [0.1, 0.15) is 16.7 Å². The van der Waals surface area contributed by atoms with Gasteiger partial charge in [-0.3, -0.25) is 0 Å². The van der Waals surface area contributed by atoms with Gasteiger partial charge in [0.1, 0.15) is 11.4 Å². The largest absolute Gasteiger partial charge is 0.381 e. The van der Waals surface area contributed by atoms with E-state index in [-0.39, 0.29) is 12.4 Å². The third kappa shape index (κ3) is 2.67. The average molecular weight is 260 g/mol. The Morgan fingerprint density at radius 1 is 1.11 bits per heavy atom. The monoisotopic (exact) mass is 260 g/mol. The number of aliphatic hydroxyl groups is 1. The van der Waals surface area contributed by atoms with Crippen LogP contribution in [-0.4, -0.2) is 18.8 Å². The third-order valence-corrected chi connectivity index (χ3v) is 3.25. The van der Waals surface area contributed by atoms with Gasteiger partial charge in [-0.25, -0.2) is 4.39 Å². The molecule has 0 aliphatic rings. The van der Waals surface area contributed by atoms with E-state index in [0.29, 0.717) is 16.7 Å². The molecule has 1 N–H and O–H groups in total. The highest BCUT2D eigenvalue weighted by atomic mass is 19.1. The van der Waals surface area contributed by atoms with Crippen LogP contribution < -0.4 is 0 Å². The van der Waals surface area contributed by atoms with Crippen molar-refractivity contribution < 1.29 is 14.2 Å². The molecule has 3 heteroatoms. The highest BCUT2D eigenvalue weighted by Crippen LogP contribution is 2.30. The van der Waals surface area contributed by atoms with Crippen LogP contribution >= 0.6 is 0 Å². The van der Waals surface area contributed by atoms with E-state index >= 15 is 0 Å². The van der Waals surface area contributed by atoms with Crippen LogP contribution in [0.25, 0.3) is 0 Å². The molecule has 0 aromatic heterocycles. The molecule has 0 spiro atoms. The molecule has 2 aromatic rings. The molecule has 1 atom stereocenters. The maximum Gasteiger partial charge on any atom is 0.138 e. The van der Waals surface area contributed by atoms with Crippen LogP contribution in [-0.2, 0) is 10.3 Å². The zero-order valence-electron chi connectivity index (χ0n) is 11.1. The number of hydrogen-bond acceptors (Lipinski definition) is 2. The number of methoxy groups -OCH3 is 1. The normalized spacial score (nSPS) is 14.1. The standard InChI is InChI=1S/C16H17FO2/c1-12-8-9-14(10-15(12)17)16(18,11-19-2)13-6-4-3-5-7-13/h3-10,18H,11H2,1-2H3. The lowest BCUT2D eigenvalue weighted by molar-refractivity contribution is -0.00348. The lowest BCUT2D eigenvalue weighted by atomic mass is 9.86. The van der Waals surface area contributed by atoms with Gasteiger partial charge >= 0.3 is 0 Å². The predicted molar refractivity (Wildman–Crippen MR) is 72.5 cm³/mol. The molecular formula is C16H17FO2. The van der Waals surface area contributed by atoms with Crippen molar-refractivity contribution in [2.24, 2.45) is 0 Å². The lowest BCUT2D eigenvalue weighted by Crippen LogP contribution is -2.32. The van der Waals surface area contributed by atoms with Gasteiger partial charge in [0, 0.05) is 7.11 Å². The Morgan fingerprint density at radius 3 is 2.37 bits per heavy atom. The fourth-order valence-electron chi connectivity index (χ4n) is 2.11. The number of halogens is 1. The molecule has 19 heavy (non-hydrogen) atoms. The first-order valence-corrected chi connectivity index (χ1v) is 6.11. The summed E-state index contributed by atoms with van der Waals surface area (Å²) in [6, 6.07) is 13.9. The molecule has 0 amide bonds. The van der Waals surface area contributed by atoms with E-state index in [0.717, 1.165) is 0 Å². The van der Waals surface area contributed by atoms with Crippen LogP contribution in [0, 0.1) is 12.7 Å². The van der Waals surface area contributed by atoms with Gasteiger partial charge in [-0.05, 0) is 29.7 Å². The van der Waals surface area contributed by atoms with E-state index in [4.69, 9.17) is 4.74 Å². The lowest BCUT2D eigenvalue weighted by Gasteiger charge is -2.28. The summed E-state index contributed by atoms with van der Waals surface area (Å²) in [5.41, 5.74) is 0.380. The van der Waals surface area contributed by atoms with Gasteiger partial charge in [0.25, 0.3) is 0 Å². The van der Waals surface area contributed by atoms with Crippen LogP contribution in [0.3, 0.4) is 0 Å². The minimum absolute atomic E-state index is 0.0690. The summed E-state index contributed by atoms with van der Waals surface area (Å²) < 4.78 is 18.8. The highest BCUT2D eigenvalue weighted by Gasteiger charge is 2.32. The molecule has 0 aliphatic carbocycles. The summed E-state index contributed by atoms with van der Waals surface area (Å²) in [6.07, 6.45) is 0. The Bertz CT molecular complexity index is 554. The smallest absolute Gasteiger partial charge is 0.138 e. The van der Waals surface area contributed by atoms with Gasteiger partial charge in [0.05, 0.1) is 6.61 Å². The minimum atomic E-state index is -1.34. The number of rotatable bonds is 4. The van der Waals surface area contributed by atoms with Crippen molar-refractivity contribution in [2.45, 2.75) is 12.5 Å². The molecular weight excluding hydrogens is 243 g/mol. The van der Waals surface area contributed by atoms with Crippen LogP contribution in [0.2, 0.25) is 0 Å². The van der Waals surface area contributed by atoms with Gasteiger partial charge in [-0.1, -0.05) is 42.5 Å². The Labute approximate surface area is 112 Å². The van der Waals surface area contributed by atoms with Gasteiger partial charge in [0.15, 0.2) is 0 Å². The van der Waals surface area contributed by atoms with E-state index in [1.54, 1.807) is 31.2 Å². The summed E-state index contributed by atoms with van der Waals surface area (Å²) >= 11 is 0. The molecule has 0 radical (unpaired) electrons. The zero-order chi connectivity index (χ0) is 13.9. The maximum absolute atomic E-state index is 13.7. The highest BCUT2D eigenvalue weighted by molar-refractivity contribution is 5.37. The summed E-state index contributed by atoms with van der Waals surface area (Å²) in [5, 5.41) is 10.9. The minimum Gasteiger partial charge on any atom is -0.381 e. The van der Waals surface area contributed by atoms with E-state index in [9.17, 15) is 9.50 Å². The number of ether oxygens (including phenoxy) is 1. The number of benzene rings is 2. The van der Waals surface area contributed by atoms with Crippen molar-refractivity contribution in [3.63, 3.8) is 0 Å². The van der Waals surface area contributed by atoms with Gasteiger partial charge < -0.3 is 9.84 Å². The van der Waals surface area contributed by atoms with Crippen LogP contribution in [0.5, 0.6) is 0 Å². The van der Waals surface area contributed by atoms with Crippen molar-refractivity contribution >= 4 is 0 Å². The Balaban J connectivity index is 2.52. The molecule has 0 aliphatic heterocycles. The molecule has 0 bridgehead atoms. The fourth-order valence-corrected chi connectivity index (χ4v) is 2.11. The Morgan fingerprint density at radius 2 is 1.79 bits per heavy atom. The topological polar surface area (TPSA) is 29.5 Å². The quantitative estimate of drug-likeness (QED) is 0.915. The van der Waals surface area contributed by atoms with Crippen molar-refractivity contribution in [3.8, 4) is 0 Å². The molecule has 2 aromatic carbocycles. The molecule has 0 saturated carbocycles. The number of aryl methyl sites for hydroxylation is 1. The molecule has 2 rings (SSSR count). The molecule has 0 fully saturated rings. The fraction of sp³-hybridized carbons (Fsp3) is 0.250. The summed E-state index contributed by atoms with van der Waals surface area (Å²) in [7, 11) is 1.51.